The van der Waals surface area contributed by atoms with E-state index in [0.717, 1.165) is 29.7 Å². The van der Waals surface area contributed by atoms with Gasteiger partial charge in [0, 0.05) is 29.2 Å². The van der Waals surface area contributed by atoms with Crippen LogP contribution in [0.15, 0.2) is 30.3 Å². The number of nitrogens with zero attached hydrogens (tertiary/aromatic N) is 2. The molecule has 1 unspecified atom stereocenters. The van der Waals surface area contributed by atoms with E-state index in [2.05, 4.69) is 4.98 Å². The van der Waals surface area contributed by atoms with Crippen molar-refractivity contribution in [2.24, 2.45) is 17.8 Å². The van der Waals surface area contributed by atoms with Gasteiger partial charge >= 0.3 is 5.97 Å². The van der Waals surface area contributed by atoms with E-state index in [-0.39, 0.29) is 36.0 Å². The van der Waals surface area contributed by atoms with E-state index in [9.17, 15) is 14.4 Å². The summed E-state index contributed by atoms with van der Waals surface area (Å²) >= 11 is 1.35. The lowest BCUT2D eigenvalue weighted by atomic mass is 9.67. The molecule has 4 rings (SSSR count). The second-order valence-corrected chi connectivity index (χ2v) is 9.92. The predicted octanol–water partition coefficient (Wildman–Crippen LogP) is 4.60. The SMILES string of the molecule is CCOC(=O)c1nc(N(CCc2ccccc2)C(=O)C2C[C@H]3CCC[C@@H](C2)C3=O)sc1C. The van der Waals surface area contributed by atoms with E-state index in [1.807, 2.05) is 37.3 Å². The third-order valence-electron chi connectivity index (χ3n) is 6.62. The molecule has 0 radical (unpaired) electrons. The first kappa shape index (κ1) is 22.6. The number of ether oxygens (including phenoxy) is 1. The van der Waals surface area contributed by atoms with Gasteiger partial charge < -0.3 is 4.74 Å². The molecule has 1 heterocycles. The number of aromatic nitrogens is 1. The number of fused-ring (bicyclic) bond motifs is 2. The van der Waals surface area contributed by atoms with Crippen LogP contribution in [0.4, 0.5) is 5.13 Å². The topological polar surface area (TPSA) is 76.6 Å². The molecule has 32 heavy (non-hydrogen) atoms. The summed E-state index contributed by atoms with van der Waals surface area (Å²) in [5, 5.41) is 0.536. The van der Waals surface area contributed by atoms with Gasteiger partial charge in [0.05, 0.1) is 6.61 Å². The number of esters is 1. The van der Waals surface area contributed by atoms with Crippen LogP contribution in [0.2, 0.25) is 0 Å². The first-order valence-corrected chi connectivity index (χ1v) is 12.3. The number of carbonyl (C=O) groups excluding carboxylic acids is 3. The summed E-state index contributed by atoms with van der Waals surface area (Å²) in [5.41, 5.74) is 1.42. The van der Waals surface area contributed by atoms with E-state index in [1.165, 1.54) is 11.3 Å². The standard InChI is InChI=1S/C25H30N2O4S/c1-3-31-24(30)21-16(2)32-25(26-21)27(13-12-17-8-5-4-6-9-17)23(29)20-14-18-10-7-11-19(15-20)22(18)28/h4-6,8-9,18-20H,3,7,10-15H2,1-2H3/t18-,19+,20?. The van der Waals surface area contributed by atoms with Crippen LogP contribution >= 0.6 is 11.3 Å². The summed E-state index contributed by atoms with van der Waals surface area (Å²) in [4.78, 5) is 45.6. The number of carbonyl (C=O) groups is 3. The number of aryl methyl sites for hydroxylation is 1. The van der Waals surface area contributed by atoms with Crippen molar-refractivity contribution in [2.75, 3.05) is 18.1 Å². The van der Waals surface area contributed by atoms with Crippen LogP contribution in [-0.2, 0) is 20.7 Å². The van der Waals surface area contributed by atoms with Crippen molar-refractivity contribution in [3.8, 4) is 0 Å². The monoisotopic (exact) mass is 454 g/mol. The average molecular weight is 455 g/mol. The highest BCUT2D eigenvalue weighted by Gasteiger charge is 2.43. The fourth-order valence-corrected chi connectivity index (χ4v) is 5.90. The zero-order valence-electron chi connectivity index (χ0n) is 18.7. The van der Waals surface area contributed by atoms with Gasteiger partial charge in [0.2, 0.25) is 5.91 Å². The second kappa shape index (κ2) is 9.94. The first-order chi connectivity index (χ1) is 15.5. The smallest absolute Gasteiger partial charge is 0.358 e. The zero-order chi connectivity index (χ0) is 22.7. The Bertz CT molecular complexity index is 971. The van der Waals surface area contributed by atoms with E-state index in [0.29, 0.717) is 36.7 Å². The number of hydrogen-bond acceptors (Lipinski definition) is 6. The number of Topliss-reactive ketones (excluding diaryl/α,β-unsaturated/α-hetero) is 1. The third-order valence-corrected chi connectivity index (χ3v) is 7.61. The summed E-state index contributed by atoms with van der Waals surface area (Å²) in [6.45, 7) is 4.35. The highest BCUT2D eigenvalue weighted by Crippen LogP contribution is 2.41. The van der Waals surface area contributed by atoms with Crippen molar-refractivity contribution < 1.29 is 19.1 Å². The van der Waals surface area contributed by atoms with E-state index < -0.39 is 5.97 Å². The summed E-state index contributed by atoms with van der Waals surface area (Å²) < 4.78 is 5.13. The maximum absolute atomic E-state index is 13.7. The minimum Gasteiger partial charge on any atom is -0.461 e. The highest BCUT2D eigenvalue weighted by molar-refractivity contribution is 7.16. The van der Waals surface area contributed by atoms with Gasteiger partial charge in [0.25, 0.3) is 0 Å². The number of thiazole rings is 1. The Kier molecular flexibility index (Phi) is 7.04. The van der Waals surface area contributed by atoms with Gasteiger partial charge in [-0.2, -0.15) is 0 Å². The minimum absolute atomic E-state index is 0.0144. The average Bonchev–Trinajstić information content (AvgIpc) is 3.16. The Balaban J connectivity index is 1.59. The van der Waals surface area contributed by atoms with Crippen molar-refractivity contribution >= 4 is 34.1 Å². The zero-order valence-corrected chi connectivity index (χ0v) is 19.5. The molecule has 1 amide bonds. The van der Waals surface area contributed by atoms with Gasteiger partial charge in [-0.1, -0.05) is 36.8 Å². The maximum Gasteiger partial charge on any atom is 0.358 e. The summed E-state index contributed by atoms with van der Waals surface area (Å²) in [6, 6.07) is 10.0. The Morgan fingerprint density at radius 3 is 2.50 bits per heavy atom. The molecule has 2 aliphatic rings. The third kappa shape index (κ3) is 4.77. The molecule has 3 atom stereocenters. The molecule has 7 heteroatoms. The number of rotatable bonds is 7. The minimum atomic E-state index is -0.458. The van der Waals surface area contributed by atoms with Crippen molar-refractivity contribution in [1.82, 2.24) is 4.98 Å². The first-order valence-electron chi connectivity index (χ1n) is 11.5. The molecule has 2 bridgehead atoms. The molecule has 2 aliphatic carbocycles. The molecule has 2 aromatic rings. The molecule has 6 nitrogen and oxygen atoms in total. The van der Waals surface area contributed by atoms with Crippen molar-refractivity contribution in [3.05, 3.63) is 46.5 Å². The second-order valence-electron chi connectivity index (χ2n) is 8.74. The van der Waals surface area contributed by atoms with E-state index >= 15 is 0 Å². The summed E-state index contributed by atoms with van der Waals surface area (Å²) in [6.07, 6.45) is 4.82. The van der Waals surface area contributed by atoms with Crippen LogP contribution in [0.3, 0.4) is 0 Å². The number of hydrogen-bond donors (Lipinski definition) is 0. The molecule has 0 saturated heterocycles. The van der Waals surface area contributed by atoms with Crippen LogP contribution in [0, 0.1) is 24.7 Å². The molecule has 0 aliphatic heterocycles. The largest absolute Gasteiger partial charge is 0.461 e. The van der Waals surface area contributed by atoms with Gasteiger partial charge in [0.1, 0.15) is 5.78 Å². The van der Waals surface area contributed by atoms with Crippen LogP contribution in [0.25, 0.3) is 0 Å². The van der Waals surface area contributed by atoms with Gasteiger partial charge in [-0.25, -0.2) is 9.78 Å². The molecule has 1 aromatic carbocycles. The number of amides is 1. The quantitative estimate of drug-likeness (QED) is 0.572. The fourth-order valence-electron chi connectivity index (χ4n) is 4.97. The lowest BCUT2D eigenvalue weighted by molar-refractivity contribution is -0.136. The highest BCUT2D eigenvalue weighted by atomic mass is 32.1. The Hall–Kier alpha value is -2.54. The predicted molar refractivity (Wildman–Crippen MR) is 124 cm³/mol. The summed E-state index contributed by atoms with van der Waals surface area (Å²) in [7, 11) is 0. The normalized spacial score (nSPS) is 22.4. The summed E-state index contributed by atoms with van der Waals surface area (Å²) in [5.74, 6) is -0.226. The van der Waals surface area contributed by atoms with Crippen molar-refractivity contribution in [1.29, 1.82) is 0 Å². The van der Waals surface area contributed by atoms with Crippen LogP contribution in [0.5, 0.6) is 0 Å². The molecular weight excluding hydrogens is 424 g/mol. The van der Waals surface area contributed by atoms with Crippen LogP contribution in [0.1, 0.15) is 60.0 Å². The van der Waals surface area contributed by atoms with Crippen LogP contribution in [-0.4, -0.2) is 35.8 Å². The molecule has 0 N–H and O–H groups in total. The van der Waals surface area contributed by atoms with Gasteiger partial charge in [0.15, 0.2) is 10.8 Å². The maximum atomic E-state index is 13.7. The molecule has 1 aromatic heterocycles. The number of anilines is 1. The lowest BCUT2D eigenvalue weighted by Gasteiger charge is -2.38. The van der Waals surface area contributed by atoms with E-state index in [4.69, 9.17) is 4.74 Å². The van der Waals surface area contributed by atoms with Crippen molar-refractivity contribution in [3.63, 3.8) is 0 Å². The Morgan fingerprint density at radius 2 is 1.84 bits per heavy atom. The molecular formula is C25H30N2O4S. The Labute approximate surface area is 193 Å². The van der Waals surface area contributed by atoms with Gasteiger partial charge in [-0.15, -0.1) is 11.3 Å². The van der Waals surface area contributed by atoms with Gasteiger partial charge in [-0.3, -0.25) is 14.5 Å². The van der Waals surface area contributed by atoms with Gasteiger partial charge in [-0.05, 0) is 51.5 Å². The number of ketones is 1. The van der Waals surface area contributed by atoms with E-state index in [1.54, 1.807) is 11.8 Å². The van der Waals surface area contributed by atoms with Crippen LogP contribution < -0.4 is 4.90 Å². The molecule has 2 saturated carbocycles. The van der Waals surface area contributed by atoms with Crippen molar-refractivity contribution in [2.45, 2.75) is 52.4 Å². The number of benzene rings is 1. The molecule has 170 valence electrons. The molecule has 2 fully saturated rings. The fraction of sp³-hybridized carbons (Fsp3) is 0.520. The lowest BCUT2D eigenvalue weighted by Crippen LogP contribution is -2.45. The molecule has 0 spiro atoms. The Morgan fingerprint density at radius 1 is 1.16 bits per heavy atom.